The average molecular weight is 185 g/mol. The minimum Gasteiger partial charge on any atom is -0.383 e. The number of hydrogen-bond acceptors (Lipinski definition) is 3. The zero-order valence-electron chi connectivity index (χ0n) is 8.51. The molecule has 3 heteroatoms. The Balaban J connectivity index is 2.13. The fraction of sp³-hybridized carbons (Fsp3) is 0.800. The molecule has 3 nitrogen and oxygen atoms in total. The Morgan fingerprint density at radius 2 is 2.54 bits per heavy atom. The standard InChI is InChI=1S/C10H19NO2/c1-9(7-12-2)11-6-10-4-3-5-13-8-10/h4,9,11H,3,5-8H2,1-2H3. The smallest absolute Gasteiger partial charge is 0.0689 e. The molecule has 0 saturated carbocycles. The summed E-state index contributed by atoms with van der Waals surface area (Å²) in [7, 11) is 1.72. The van der Waals surface area contributed by atoms with Crippen LogP contribution in [0.25, 0.3) is 0 Å². The predicted octanol–water partition coefficient (Wildman–Crippen LogP) is 0.958. The van der Waals surface area contributed by atoms with Crippen LogP contribution in [-0.2, 0) is 9.47 Å². The molecule has 0 fully saturated rings. The Morgan fingerprint density at radius 3 is 3.15 bits per heavy atom. The minimum absolute atomic E-state index is 0.410. The first-order valence-corrected chi connectivity index (χ1v) is 4.81. The molecule has 0 saturated heterocycles. The quantitative estimate of drug-likeness (QED) is 0.647. The normalized spacial score (nSPS) is 19.7. The van der Waals surface area contributed by atoms with Crippen LogP contribution in [-0.4, -0.2) is 39.5 Å². The molecule has 1 rings (SSSR count). The molecule has 1 unspecified atom stereocenters. The van der Waals surface area contributed by atoms with Crippen LogP contribution in [0.3, 0.4) is 0 Å². The van der Waals surface area contributed by atoms with E-state index in [0.29, 0.717) is 6.04 Å². The molecule has 1 aliphatic heterocycles. The summed E-state index contributed by atoms with van der Waals surface area (Å²) in [6, 6.07) is 0.410. The Labute approximate surface area is 80.1 Å². The summed E-state index contributed by atoms with van der Waals surface area (Å²) < 4.78 is 10.4. The second kappa shape index (κ2) is 6.13. The van der Waals surface area contributed by atoms with E-state index in [1.165, 1.54) is 5.57 Å². The first-order valence-electron chi connectivity index (χ1n) is 4.81. The molecule has 1 atom stereocenters. The van der Waals surface area contributed by atoms with Crippen molar-refractivity contribution in [2.45, 2.75) is 19.4 Å². The van der Waals surface area contributed by atoms with Crippen LogP contribution in [0.2, 0.25) is 0 Å². The lowest BCUT2D eigenvalue weighted by molar-refractivity contribution is 0.145. The van der Waals surface area contributed by atoms with Crippen LogP contribution in [0, 0.1) is 0 Å². The van der Waals surface area contributed by atoms with E-state index < -0.39 is 0 Å². The van der Waals surface area contributed by atoms with Gasteiger partial charge < -0.3 is 14.8 Å². The molecule has 0 bridgehead atoms. The van der Waals surface area contributed by atoms with Crippen LogP contribution >= 0.6 is 0 Å². The van der Waals surface area contributed by atoms with E-state index in [1.807, 2.05) is 0 Å². The van der Waals surface area contributed by atoms with Gasteiger partial charge >= 0.3 is 0 Å². The second-order valence-electron chi connectivity index (χ2n) is 3.44. The van der Waals surface area contributed by atoms with Gasteiger partial charge in [0.15, 0.2) is 0 Å². The van der Waals surface area contributed by atoms with Gasteiger partial charge in [0.05, 0.1) is 19.8 Å². The molecule has 0 aromatic heterocycles. The Kier molecular flexibility index (Phi) is 5.05. The van der Waals surface area contributed by atoms with Gasteiger partial charge in [-0.25, -0.2) is 0 Å². The molecular weight excluding hydrogens is 166 g/mol. The Morgan fingerprint density at radius 1 is 1.69 bits per heavy atom. The molecule has 76 valence electrons. The van der Waals surface area contributed by atoms with E-state index >= 15 is 0 Å². The van der Waals surface area contributed by atoms with E-state index in [4.69, 9.17) is 9.47 Å². The molecule has 1 N–H and O–H groups in total. The lowest BCUT2D eigenvalue weighted by Crippen LogP contribution is -2.33. The van der Waals surface area contributed by atoms with Crippen molar-refractivity contribution in [1.82, 2.24) is 5.32 Å². The lowest BCUT2D eigenvalue weighted by Gasteiger charge is -2.17. The highest BCUT2D eigenvalue weighted by Crippen LogP contribution is 2.04. The SMILES string of the molecule is COCC(C)NCC1=CCCOC1. The highest BCUT2D eigenvalue weighted by atomic mass is 16.5. The molecule has 0 amide bonds. The Hall–Kier alpha value is -0.380. The largest absolute Gasteiger partial charge is 0.383 e. The fourth-order valence-electron chi connectivity index (χ4n) is 1.35. The summed E-state index contributed by atoms with van der Waals surface area (Å²) in [5, 5.41) is 3.38. The highest BCUT2D eigenvalue weighted by Gasteiger charge is 2.05. The van der Waals surface area contributed by atoms with E-state index in [-0.39, 0.29) is 0 Å². The van der Waals surface area contributed by atoms with Crippen LogP contribution in [0.15, 0.2) is 11.6 Å². The maximum atomic E-state index is 5.33. The first-order chi connectivity index (χ1) is 6.33. The van der Waals surface area contributed by atoms with Crippen LogP contribution < -0.4 is 5.32 Å². The van der Waals surface area contributed by atoms with E-state index in [9.17, 15) is 0 Å². The topological polar surface area (TPSA) is 30.5 Å². The molecule has 0 spiro atoms. The van der Waals surface area contributed by atoms with Gasteiger partial charge in [-0.3, -0.25) is 0 Å². The zero-order chi connectivity index (χ0) is 9.52. The van der Waals surface area contributed by atoms with Gasteiger partial charge in [0, 0.05) is 19.7 Å². The van der Waals surface area contributed by atoms with Gasteiger partial charge in [-0.2, -0.15) is 0 Å². The van der Waals surface area contributed by atoms with Gasteiger partial charge in [0.1, 0.15) is 0 Å². The summed E-state index contributed by atoms with van der Waals surface area (Å²) in [6.45, 7) is 5.45. The van der Waals surface area contributed by atoms with Gasteiger partial charge in [0.25, 0.3) is 0 Å². The zero-order valence-corrected chi connectivity index (χ0v) is 8.51. The molecule has 1 heterocycles. The van der Waals surface area contributed by atoms with Crippen molar-refractivity contribution in [3.8, 4) is 0 Å². The highest BCUT2D eigenvalue weighted by molar-refractivity contribution is 5.06. The van der Waals surface area contributed by atoms with Crippen molar-refractivity contribution in [2.24, 2.45) is 0 Å². The van der Waals surface area contributed by atoms with E-state index in [1.54, 1.807) is 7.11 Å². The van der Waals surface area contributed by atoms with Crippen molar-refractivity contribution in [3.05, 3.63) is 11.6 Å². The number of nitrogens with one attached hydrogen (secondary N) is 1. The molecule has 1 aliphatic rings. The minimum atomic E-state index is 0.410. The van der Waals surface area contributed by atoms with E-state index in [2.05, 4.69) is 18.3 Å². The van der Waals surface area contributed by atoms with Crippen LogP contribution in [0.5, 0.6) is 0 Å². The number of rotatable bonds is 5. The molecule has 0 aromatic rings. The van der Waals surface area contributed by atoms with Gasteiger partial charge in [0.2, 0.25) is 0 Å². The third-order valence-electron chi connectivity index (χ3n) is 2.08. The lowest BCUT2D eigenvalue weighted by atomic mass is 10.2. The summed E-state index contributed by atoms with van der Waals surface area (Å²) in [5.74, 6) is 0. The molecule has 0 radical (unpaired) electrons. The average Bonchev–Trinajstić information content (AvgIpc) is 2.17. The van der Waals surface area contributed by atoms with Gasteiger partial charge in [-0.05, 0) is 18.9 Å². The van der Waals surface area contributed by atoms with Crippen molar-refractivity contribution in [1.29, 1.82) is 0 Å². The fourth-order valence-corrected chi connectivity index (χ4v) is 1.35. The summed E-state index contributed by atoms with van der Waals surface area (Å²) in [6.07, 6.45) is 3.31. The maximum Gasteiger partial charge on any atom is 0.0689 e. The number of hydrogen-bond donors (Lipinski definition) is 1. The third kappa shape index (κ3) is 4.41. The molecule has 0 aliphatic carbocycles. The number of methoxy groups -OCH3 is 1. The predicted molar refractivity (Wildman–Crippen MR) is 52.9 cm³/mol. The Bertz CT molecular complexity index is 168. The van der Waals surface area contributed by atoms with Gasteiger partial charge in [-0.1, -0.05) is 6.08 Å². The second-order valence-corrected chi connectivity index (χ2v) is 3.44. The van der Waals surface area contributed by atoms with E-state index in [0.717, 1.165) is 32.8 Å². The van der Waals surface area contributed by atoms with Crippen LogP contribution in [0.4, 0.5) is 0 Å². The van der Waals surface area contributed by atoms with Crippen LogP contribution in [0.1, 0.15) is 13.3 Å². The monoisotopic (exact) mass is 185 g/mol. The van der Waals surface area contributed by atoms with Crippen molar-refractivity contribution >= 4 is 0 Å². The third-order valence-corrected chi connectivity index (χ3v) is 2.08. The van der Waals surface area contributed by atoms with Crippen molar-refractivity contribution in [3.63, 3.8) is 0 Å². The molecular formula is C10H19NO2. The van der Waals surface area contributed by atoms with Crippen molar-refractivity contribution in [2.75, 3.05) is 33.5 Å². The maximum absolute atomic E-state index is 5.33. The number of ether oxygens (including phenoxy) is 2. The summed E-state index contributed by atoms with van der Waals surface area (Å²) >= 11 is 0. The molecule has 13 heavy (non-hydrogen) atoms. The van der Waals surface area contributed by atoms with Crippen molar-refractivity contribution < 1.29 is 9.47 Å². The summed E-state index contributed by atoms with van der Waals surface area (Å²) in [5.41, 5.74) is 1.36. The first kappa shape index (κ1) is 10.7. The van der Waals surface area contributed by atoms with Gasteiger partial charge in [-0.15, -0.1) is 0 Å². The summed E-state index contributed by atoms with van der Waals surface area (Å²) in [4.78, 5) is 0. The molecule has 0 aromatic carbocycles.